The lowest BCUT2D eigenvalue weighted by molar-refractivity contribution is -0.128. The molecule has 2 bridgehead atoms. The van der Waals surface area contributed by atoms with Crippen molar-refractivity contribution in [3.8, 4) is 5.75 Å². The van der Waals surface area contributed by atoms with Crippen LogP contribution in [0.15, 0.2) is 60.4 Å². The molecule has 1 saturated carbocycles. The van der Waals surface area contributed by atoms with E-state index in [0.717, 1.165) is 54.4 Å². The Morgan fingerprint density at radius 3 is 2.79 bits per heavy atom. The fourth-order valence-corrected chi connectivity index (χ4v) is 5.34. The first-order chi connectivity index (χ1) is 16.0. The molecule has 0 unspecified atom stereocenters. The van der Waals surface area contributed by atoms with E-state index in [1.165, 1.54) is 0 Å². The molecular formula is C27H29N3O3. The number of ether oxygens (including phenoxy) is 1. The standard InChI is InChI=1S/C27H29N3O3/c1-27-12-6-9-20(15-27)30(17-27)26(32)24(29-25(31)18-7-4-3-5-8-18)13-19-16-28-23-11-10-21(33-2)14-22(19)23/h3-5,7-8,10-11,13-14,16,20,28H,6,9,12,15,17H2,1-2H3,(H,29,31)/b24-13+/t20-,27-/m0/s1. The molecule has 33 heavy (non-hydrogen) atoms. The first-order valence-corrected chi connectivity index (χ1v) is 11.5. The van der Waals surface area contributed by atoms with Gasteiger partial charge in [0.05, 0.1) is 7.11 Å². The van der Waals surface area contributed by atoms with Crippen LogP contribution in [0.5, 0.6) is 5.75 Å². The number of aromatic amines is 1. The van der Waals surface area contributed by atoms with Crippen LogP contribution in [-0.4, -0.2) is 41.4 Å². The molecule has 2 fully saturated rings. The number of H-pyrrole nitrogens is 1. The van der Waals surface area contributed by atoms with Crippen LogP contribution in [0.2, 0.25) is 0 Å². The van der Waals surface area contributed by atoms with Crippen molar-refractivity contribution >= 4 is 28.8 Å². The van der Waals surface area contributed by atoms with E-state index in [1.807, 2.05) is 47.5 Å². The fourth-order valence-electron chi connectivity index (χ4n) is 5.34. The van der Waals surface area contributed by atoms with E-state index in [4.69, 9.17) is 4.74 Å². The van der Waals surface area contributed by atoms with Crippen LogP contribution in [0.3, 0.4) is 0 Å². The van der Waals surface area contributed by atoms with Gasteiger partial charge < -0.3 is 19.9 Å². The van der Waals surface area contributed by atoms with Gasteiger partial charge in [-0.15, -0.1) is 0 Å². The van der Waals surface area contributed by atoms with Gasteiger partial charge in [0.15, 0.2) is 0 Å². The lowest BCUT2D eigenvalue weighted by Crippen LogP contribution is -2.41. The average molecular weight is 444 g/mol. The third kappa shape index (κ3) is 4.13. The quantitative estimate of drug-likeness (QED) is 0.560. The minimum absolute atomic E-state index is 0.118. The van der Waals surface area contributed by atoms with Gasteiger partial charge in [-0.2, -0.15) is 0 Å². The normalized spacial score (nSPS) is 22.4. The first kappa shape index (κ1) is 21.3. The van der Waals surface area contributed by atoms with E-state index >= 15 is 0 Å². The Hall–Kier alpha value is -3.54. The second kappa shape index (κ2) is 8.43. The van der Waals surface area contributed by atoms with E-state index in [1.54, 1.807) is 25.3 Å². The van der Waals surface area contributed by atoms with Crippen molar-refractivity contribution in [1.82, 2.24) is 15.2 Å². The molecule has 2 heterocycles. The van der Waals surface area contributed by atoms with E-state index in [-0.39, 0.29) is 23.3 Å². The second-order valence-corrected chi connectivity index (χ2v) is 9.53. The summed E-state index contributed by atoms with van der Waals surface area (Å²) in [6, 6.07) is 15.0. The number of hydrogen-bond acceptors (Lipinski definition) is 3. The lowest BCUT2D eigenvalue weighted by Gasteiger charge is -2.27. The van der Waals surface area contributed by atoms with Crippen molar-refractivity contribution < 1.29 is 14.3 Å². The van der Waals surface area contributed by atoms with Crippen molar-refractivity contribution in [1.29, 1.82) is 0 Å². The van der Waals surface area contributed by atoms with Crippen LogP contribution in [0.25, 0.3) is 17.0 Å². The highest BCUT2D eigenvalue weighted by atomic mass is 16.5. The number of benzene rings is 2. The number of nitrogens with zero attached hydrogens (tertiary/aromatic N) is 1. The van der Waals surface area contributed by atoms with Crippen molar-refractivity contribution in [2.24, 2.45) is 5.41 Å². The molecule has 0 radical (unpaired) electrons. The Labute approximate surface area is 193 Å². The number of fused-ring (bicyclic) bond motifs is 3. The summed E-state index contributed by atoms with van der Waals surface area (Å²) in [6.07, 6.45) is 7.98. The summed E-state index contributed by atoms with van der Waals surface area (Å²) in [6.45, 7) is 3.00. The Bertz CT molecular complexity index is 1230. The third-order valence-corrected chi connectivity index (χ3v) is 7.04. The predicted octanol–water partition coefficient (Wildman–Crippen LogP) is 4.74. The Morgan fingerprint density at radius 1 is 1.21 bits per heavy atom. The molecule has 5 rings (SSSR count). The molecule has 1 aliphatic heterocycles. The van der Waals surface area contributed by atoms with Gasteiger partial charge in [-0.1, -0.05) is 31.5 Å². The number of carbonyl (C=O) groups excluding carboxylic acids is 2. The highest BCUT2D eigenvalue weighted by Gasteiger charge is 2.45. The van der Waals surface area contributed by atoms with Gasteiger partial charge in [0.2, 0.25) is 0 Å². The van der Waals surface area contributed by atoms with Gasteiger partial charge in [-0.25, -0.2) is 0 Å². The molecule has 2 aliphatic rings. The van der Waals surface area contributed by atoms with Crippen LogP contribution in [-0.2, 0) is 4.79 Å². The van der Waals surface area contributed by atoms with Crippen molar-refractivity contribution in [2.75, 3.05) is 13.7 Å². The summed E-state index contributed by atoms with van der Waals surface area (Å²) in [5.41, 5.74) is 2.75. The summed E-state index contributed by atoms with van der Waals surface area (Å²) in [4.78, 5) is 32.0. The van der Waals surface area contributed by atoms with E-state index < -0.39 is 0 Å². The molecule has 6 nitrogen and oxygen atoms in total. The number of likely N-dealkylation sites (tertiary alicyclic amines) is 1. The third-order valence-electron chi connectivity index (χ3n) is 7.04. The zero-order valence-corrected chi connectivity index (χ0v) is 19.1. The van der Waals surface area contributed by atoms with Gasteiger partial charge in [-0.3, -0.25) is 9.59 Å². The molecule has 1 saturated heterocycles. The lowest BCUT2D eigenvalue weighted by atomic mass is 9.78. The highest BCUT2D eigenvalue weighted by Crippen LogP contribution is 2.45. The fraction of sp³-hybridized carbons (Fsp3) is 0.333. The minimum atomic E-state index is -0.291. The molecule has 0 spiro atoms. The summed E-state index contributed by atoms with van der Waals surface area (Å²) < 4.78 is 5.38. The molecule has 2 aromatic carbocycles. The number of methoxy groups -OCH3 is 1. The van der Waals surface area contributed by atoms with Gasteiger partial charge in [-0.05, 0) is 61.1 Å². The molecule has 2 amide bonds. The molecule has 2 atom stereocenters. The van der Waals surface area contributed by atoms with Gasteiger partial charge in [0, 0.05) is 40.8 Å². The van der Waals surface area contributed by atoms with Crippen LogP contribution in [0.1, 0.15) is 48.5 Å². The van der Waals surface area contributed by atoms with Crippen molar-refractivity contribution in [3.63, 3.8) is 0 Å². The predicted molar refractivity (Wildman–Crippen MR) is 129 cm³/mol. The van der Waals surface area contributed by atoms with Crippen LogP contribution in [0, 0.1) is 5.41 Å². The summed E-state index contributed by atoms with van der Waals surface area (Å²) in [7, 11) is 1.63. The number of aromatic nitrogens is 1. The zero-order valence-electron chi connectivity index (χ0n) is 19.1. The molecule has 2 N–H and O–H groups in total. The smallest absolute Gasteiger partial charge is 0.270 e. The van der Waals surface area contributed by atoms with E-state index in [0.29, 0.717) is 11.3 Å². The molecule has 170 valence electrons. The number of nitrogens with one attached hydrogen (secondary N) is 2. The largest absolute Gasteiger partial charge is 0.497 e. The summed E-state index contributed by atoms with van der Waals surface area (Å²) >= 11 is 0. The maximum Gasteiger partial charge on any atom is 0.270 e. The van der Waals surface area contributed by atoms with E-state index in [9.17, 15) is 9.59 Å². The SMILES string of the molecule is COc1ccc2[nH]cc(/C=C(/NC(=O)c3ccccc3)C(=O)N3C[C@@]4(C)CCC[C@H]3C4)c2c1. The highest BCUT2D eigenvalue weighted by molar-refractivity contribution is 6.06. The average Bonchev–Trinajstić information content (AvgIpc) is 3.34. The molecular weight excluding hydrogens is 414 g/mol. The Balaban J connectivity index is 1.53. The number of hydrogen-bond donors (Lipinski definition) is 2. The van der Waals surface area contributed by atoms with Crippen LogP contribution >= 0.6 is 0 Å². The number of carbonyl (C=O) groups is 2. The maximum atomic E-state index is 13.8. The number of amides is 2. The van der Waals surface area contributed by atoms with Gasteiger partial charge >= 0.3 is 0 Å². The monoisotopic (exact) mass is 443 g/mol. The van der Waals surface area contributed by atoms with Crippen LogP contribution < -0.4 is 10.1 Å². The maximum absolute atomic E-state index is 13.8. The molecule has 3 aromatic rings. The summed E-state index contributed by atoms with van der Waals surface area (Å²) in [5.74, 6) is 0.326. The second-order valence-electron chi connectivity index (χ2n) is 9.53. The van der Waals surface area contributed by atoms with Gasteiger partial charge in [0.1, 0.15) is 11.4 Å². The minimum Gasteiger partial charge on any atom is -0.497 e. The molecule has 1 aromatic heterocycles. The van der Waals surface area contributed by atoms with E-state index in [2.05, 4.69) is 17.2 Å². The molecule has 6 heteroatoms. The molecule has 1 aliphatic carbocycles. The number of rotatable bonds is 5. The van der Waals surface area contributed by atoms with Crippen LogP contribution in [0.4, 0.5) is 0 Å². The summed E-state index contributed by atoms with van der Waals surface area (Å²) in [5, 5.41) is 3.85. The zero-order chi connectivity index (χ0) is 23.0. The van der Waals surface area contributed by atoms with Crippen molar-refractivity contribution in [2.45, 2.75) is 38.6 Å². The van der Waals surface area contributed by atoms with Crippen molar-refractivity contribution in [3.05, 3.63) is 71.6 Å². The first-order valence-electron chi connectivity index (χ1n) is 11.5. The topological polar surface area (TPSA) is 74.4 Å². The Morgan fingerprint density at radius 2 is 2.03 bits per heavy atom. The Kier molecular flexibility index (Phi) is 5.44. The van der Waals surface area contributed by atoms with Gasteiger partial charge in [0.25, 0.3) is 11.8 Å².